The van der Waals surface area contributed by atoms with E-state index in [9.17, 15) is 18.0 Å². The topological polar surface area (TPSA) is 113 Å². The van der Waals surface area contributed by atoms with Crippen LogP contribution in [-0.4, -0.2) is 74.8 Å². The van der Waals surface area contributed by atoms with E-state index in [0.29, 0.717) is 0 Å². The number of methoxy groups -OCH3 is 1. The van der Waals surface area contributed by atoms with Crippen LogP contribution in [0.15, 0.2) is 0 Å². The van der Waals surface area contributed by atoms with Crippen molar-refractivity contribution in [3.63, 3.8) is 0 Å². The lowest BCUT2D eigenvalue weighted by Gasteiger charge is -2.28. The van der Waals surface area contributed by atoms with E-state index < -0.39 is 27.9 Å². The first-order valence-electron chi connectivity index (χ1n) is 5.33. The highest BCUT2D eigenvalue weighted by molar-refractivity contribution is 7.91. The molecule has 1 aliphatic heterocycles. The molecule has 2 N–H and O–H groups in total. The van der Waals surface area contributed by atoms with Crippen LogP contribution >= 0.6 is 0 Å². The number of rotatable bonds is 4. The van der Waals surface area contributed by atoms with Gasteiger partial charge in [0.2, 0.25) is 0 Å². The minimum Gasteiger partial charge on any atom is -0.480 e. The monoisotopic (exact) mass is 280 g/mol. The van der Waals surface area contributed by atoms with Gasteiger partial charge in [0.05, 0.1) is 18.1 Å². The first-order valence-corrected chi connectivity index (χ1v) is 7.15. The molecule has 1 fully saturated rings. The average molecular weight is 280 g/mol. The molecule has 0 aliphatic carbocycles. The van der Waals surface area contributed by atoms with Crippen LogP contribution < -0.4 is 5.32 Å². The first kappa shape index (κ1) is 14.7. The summed E-state index contributed by atoms with van der Waals surface area (Å²) >= 11 is 0. The second-order valence-electron chi connectivity index (χ2n) is 3.93. The fraction of sp³-hybridized carbons (Fsp3) is 0.778. The number of ether oxygens (including phenoxy) is 1. The van der Waals surface area contributed by atoms with Crippen molar-refractivity contribution in [3.05, 3.63) is 0 Å². The molecule has 1 atom stereocenters. The number of nitrogens with zero attached hydrogens (tertiary/aromatic N) is 1. The molecule has 0 aromatic heterocycles. The number of carboxylic acids is 1. The molecular weight excluding hydrogens is 264 g/mol. The maximum Gasteiger partial charge on any atom is 0.328 e. The van der Waals surface area contributed by atoms with Crippen LogP contribution in [0, 0.1) is 0 Å². The van der Waals surface area contributed by atoms with Gasteiger partial charge in [0, 0.05) is 20.2 Å². The molecule has 0 saturated carbocycles. The van der Waals surface area contributed by atoms with Crippen molar-refractivity contribution in [2.24, 2.45) is 0 Å². The summed E-state index contributed by atoms with van der Waals surface area (Å²) in [7, 11) is -1.74. The van der Waals surface area contributed by atoms with Crippen LogP contribution in [0.3, 0.4) is 0 Å². The Labute approximate surface area is 105 Å². The second-order valence-corrected chi connectivity index (χ2v) is 6.24. The molecule has 18 heavy (non-hydrogen) atoms. The Balaban J connectivity index is 2.52. The Morgan fingerprint density at radius 3 is 2.39 bits per heavy atom. The molecule has 0 aromatic carbocycles. The summed E-state index contributed by atoms with van der Waals surface area (Å²) in [5.74, 6) is -1.39. The molecule has 2 amide bonds. The van der Waals surface area contributed by atoms with E-state index in [4.69, 9.17) is 5.11 Å². The van der Waals surface area contributed by atoms with Gasteiger partial charge in [-0.15, -0.1) is 0 Å². The smallest absolute Gasteiger partial charge is 0.328 e. The average Bonchev–Trinajstić information content (AvgIpc) is 2.28. The van der Waals surface area contributed by atoms with Crippen LogP contribution in [0.2, 0.25) is 0 Å². The van der Waals surface area contributed by atoms with Gasteiger partial charge in [-0.3, -0.25) is 0 Å². The Morgan fingerprint density at radius 2 is 1.94 bits per heavy atom. The third-order valence-electron chi connectivity index (χ3n) is 2.56. The highest BCUT2D eigenvalue weighted by Crippen LogP contribution is 2.04. The van der Waals surface area contributed by atoms with Gasteiger partial charge in [-0.2, -0.15) is 0 Å². The summed E-state index contributed by atoms with van der Waals surface area (Å²) in [5, 5.41) is 11.1. The van der Waals surface area contributed by atoms with Gasteiger partial charge in [-0.25, -0.2) is 18.0 Å². The lowest BCUT2D eigenvalue weighted by atomic mass is 10.3. The normalized spacial score (nSPS) is 20.2. The Kier molecular flexibility index (Phi) is 4.91. The molecule has 104 valence electrons. The molecule has 0 spiro atoms. The van der Waals surface area contributed by atoms with E-state index in [1.54, 1.807) is 0 Å². The molecule has 1 heterocycles. The third kappa shape index (κ3) is 4.15. The zero-order valence-electron chi connectivity index (χ0n) is 9.96. The van der Waals surface area contributed by atoms with Crippen LogP contribution in [0.4, 0.5) is 4.79 Å². The number of carbonyl (C=O) groups is 2. The van der Waals surface area contributed by atoms with Crippen LogP contribution in [0.25, 0.3) is 0 Å². The van der Waals surface area contributed by atoms with E-state index in [1.165, 1.54) is 12.0 Å². The Hall–Kier alpha value is -1.35. The molecule has 1 rings (SSSR count). The molecule has 8 nitrogen and oxygen atoms in total. The lowest BCUT2D eigenvalue weighted by molar-refractivity contribution is -0.140. The number of sulfone groups is 1. The minimum atomic E-state index is -3.07. The largest absolute Gasteiger partial charge is 0.480 e. The predicted octanol–water partition coefficient (Wildman–Crippen LogP) is -1.47. The number of amides is 2. The van der Waals surface area contributed by atoms with Crippen LogP contribution in [0.5, 0.6) is 0 Å². The quantitative estimate of drug-likeness (QED) is 0.649. The maximum absolute atomic E-state index is 11.7. The van der Waals surface area contributed by atoms with E-state index >= 15 is 0 Å². The van der Waals surface area contributed by atoms with Crippen molar-refractivity contribution in [2.75, 3.05) is 38.3 Å². The fourth-order valence-electron chi connectivity index (χ4n) is 1.50. The zero-order valence-corrected chi connectivity index (χ0v) is 10.8. The maximum atomic E-state index is 11.7. The van der Waals surface area contributed by atoms with Crippen molar-refractivity contribution in [1.29, 1.82) is 0 Å². The summed E-state index contributed by atoms with van der Waals surface area (Å²) in [6.07, 6.45) is 0. The SMILES string of the molecule is COCC(NC(=O)N1CCS(=O)(=O)CC1)C(=O)O. The molecule has 1 aliphatic rings. The van der Waals surface area contributed by atoms with Gasteiger partial charge in [0.1, 0.15) is 0 Å². The fourth-order valence-corrected chi connectivity index (χ4v) is 2.70. The summed E-state index contributed by atoms with van der Waals surface area (Å²) in [6, 6.07) is -1.73. The zero-order chi connectivity index (χ0) is 13.8. The van der Waals surface area contributed by atoms with Crippen molar-refractivity contribution in [3.8, 4) is 0 Å². The van der Waals surface area contributed by atoms with Gasteiger partial charge >= 0.3 is 12.0 Å². The van der Waals surface area contributed by atoms with E-state index in [0.717, 1.165) is 0 Å². The van der Waals surface area contributed by atoms with E-state index in [1.807, 2.05) is 0 Å². The highest BCUT2D eigenvalue weighted by Gasteiger charge is 2.28. The number of hydrogen-bond acceptors (Lipinski definition) is 5. The number of urea groups is 1. The molecule has 1 unspecified atom stereocenters. The Morgan fingerprint density at radius 1 is 1.39 bits per heavy atom. The Bertz CT molecular complexity index is 407. The number of nitrogens with one attached hydrogen (secondary N) is 1. The van der Waals surface area contributed by atoms with E-state index in [-0.39, 0.29) is 31.2 Å². The molecule has 9 heteroatoms. The summed E-state index contributed by atoms with van der Waals surface area (Å²) in [6.45, 7) is 0.00812. The molecular formula is C9H16N2O6S. The van der Waals surface area contributed by atoms with Crippen molar-refractivity contribution in [2.45, 2.75) is 6.04 Å². The van der Waals surface area contributed by atoms with Crippen LogP contribution in [-0.2, 0) is 19.4 Å². The van der Waals surface area contributed by atoms with Crippen molar-refractivity contribution in [1.82, 2.24) is 10.2 Å². The van der Waals surface area contributed by atoms with Gasteiger partial charge in [-0.05, 0) is 0 Å². The second kappa shape index (κ2) is 6.01. The van der Waals surface area contributed by atoms with E-state index in [2.05, 4.69) is 10.1 Å². The lowest BCUT2D eigenvalue weighted by Crippen LogP contribution is -2.53. The van der Waals surface area contributed by atoms with Gasteiger partial charge < -0.3 is 20.1 Å². The van der Waals surface area contributed by atoms with Crippen molar-refractivity contribution < 1.29 is 27.9 Å². The number of aliphatic carboxylic acids is 1. The van der Waals surface area contributed by atoms with Gasteiger partial charge in [0.15, 0.2) is 15.9 Å². The predicted molar refractivity (Wildman–Crippen MR) is 62.1 cm³/mol. The van der Waals surface area contributed by atoms with Gasteiger partial charge in [-0.1, -0.05) is 0 Å². The van der Waals surface area contributed by atoms with Crippen molar-refractivity contribution >= 4 is 21.8 Å². The standard InChI is InChI=1S/C9H16N2O6S/c1-17-6-7(8(12)13)10-9(14)11-2-4-18(15,16)5-3-11/h7H,2-6H2,1H3,(H,10,14)(H,12,13). The van der Waals surface area contributed by atoms with Crippen LogP contribution in [0.1, 0.15) is 0 Å². The molecule has 1 saturated heterocycles. The first-order chi connectivity index (χ1) is 8.35. The number of hydrogen-bond donors (Lipinski definition) is 2. The number of carboxylic acid groups (broad SMARTS) is 1. The number of carbonyl (C=O) groups excluding carboxylic acids is 1. The summed E-state index contributed by atoms with van der Waals surface area (Å²) < 4.78 is 27.0. The highest BCUT2D eigenvalue weighted by atomic mass is 32.2. The molecule has 0 bridgehead atoms. The molecule has 0 aromatic rings. The van der Waals surface area contributed by atoms with Gasteiger partial charge in [0.25, 0.3) is 0 Å². The third-order valence-corrected chi connectivity index (χ3v) is 4.17. The minimum absolute atomic E-state index is 0.0769. The summed E-state index contributed by atoms with van der Waals surface area (Å²) in [5.41, 5.74) is 0. The molecule has 0 radical (unpaired) electrons. The summed E-state index contributed by atoms with van der Waals surface area (Å²) in [4.78, 5) is 23.8.